The van der Waals surface area contributed by atoms with Crippen LogP contribution in [0.15, 0.2) is 60.9 Å². The van der Waals surface area contributed by atoms with Gasteiger partial charge in [-0.15, -0.1) is 0 Å². The lowest BCUT2D eigenvalue weighted by Gasteiger charge is -2.09. The number of hydrogen-bond donors (Lipinski definition) is 2. The van der Waals surface area contributed by atoms with Crippen molar-refractivity contribution in [1.82, 2.24) is 9.97 Å². The Morgan fingerprint density at radius 1 is 1.07 bits per heavy atom. The topological polar surface area (TPSA) is 66.9 Å². The number of hydrogen-bond acceptors (Lipinski definition) is 4. The number of nitrogens with one attached hydrogen (secondary N) is 2. The van der Waals surface area contributed by atoms with Crippen molar-refractivity contribution in [1.29, 1.82) is 0 Å². The highest BCUT2D eigenvalue weighted by molar-refractivity contribution is 6.31. The third-order valence-corrected chi connectivity index (χ3v) is 4.36. The molecule has 6 heteroatoms. The SMILES string of the molecule is Cc1ccc(Cl)cc1NC(=O)c1cnc(NCCCc2ccccc2)cn1. The van der Waals surface area contributed by atoms with E-state index in [0.717, 1.165) is 24.9 Å². The van der Waals surface area contributed by atoms with Gasteiger partial charge >= 0.3 is 0 Å². The van der Waals surface area contributed by atoms with Gasteiger partial charge in [-0.2, -0.15) is 0 Å². The van der Waals surface area contributed by atoms with Gasteiger partial charge in [0.1, 0.15) is 11.5 Å². The molecule has 138 valence electrons. The summed E-state index contributed by atoms with van der Waals surface area (Å²) in [5.41, 5.74) is 3.16. The number of aryl methyl sites for hydroxylation is 2. The molecule has 0 spiro atoms. The molecule has 0 fully saturated rings. The second-order valence-electron chi connectivity index (χ2n) is 6.22. The van der Waals surface area contributed by atoms with Crippen LogP contribution in [0.3, 0.4) is 0 Å². The molecule has 0 atom stereocenters. The van der Waals surface area contributed by atoms with Gasteiger partial charge in [0.2, 0.25) is 0 Å². The quantitative estimate of drug-likeness (QED) is 0.581. The molecule has 2 N–H and O–H groups in total. The zero-order valence-electron chi connectivity index (χ0n) is 15.1. The molecule has 0 aliphatic rings. The molecule has 0 aliphatic heterocycles. The van der Waals surface area contributed by atoms with E-state index in [9.17, 15) is 4.79 Å². The fourth-order valence-corrected chi connectivity index (χ4v) is 2.78. The molecule has 0 saturated carbocycles. The molecular formula is C21H21ClN4O. The van der Waals surface area contributed by atoms with E-state index in [0.29, 0.717) is 16.5 Å². The van der Waals surface area contributed by atoms with E-state index < -0.39 is 0 Å². The van der Waals surface area contributed by atoms with Gasteiger partial charge in [0.15, 0.2) is 0 Å². The Morgan fingerprint density at radius 2 is 1.89 bits per heavy atom. The van der Waals surface area contributed by atoms with Crippen LogP contribution in [0.1, 0.15) is 28.0 Å². The average Bonchev–Trinajstić information content (AvgIpc) is 2.69. The van der Waals surface area contributed by atoms with E-state index >= 15 is 0 Å². The third-order valence-electron chi connectivity index (χ3n) is 4.12. The molecule has 1 amide bonds. The number of amides is 1. The van der Waals surface area contributed by atoms with Crippen LogP contribution in [0.25, 0.3) is 0 Å². The molecule has 1 aromatic heterocycles. The summed E-state index contributed by atoms with van der Waals surface area (Å²) in [7, 11) is 0. The minimum absolute atomic E-state index is 0.254. The molecule has 1 heterocycles. The normalized spacial score (nSPS) is 10.4. The summed E-state index contributed by atoms with van der Waals surface area (Å²) in [5, 5.41) is 6.60. The predicted octanol–water partition coefficient (Wildman–Crippen LogP) is 4.74. The first-order chi connectivity index (χ1) is 13.1. The van der Waals surface area contributed by atoms with Gasteiger partial charge in [-0.05, 0) is 43.0 Å². The largest absolute Gasteiger partial charge is 0.369 e. The van der Waals surface area contributed by atoms with Crippen molar-refractivity contribution in [2.75, 3.05) is 17.2 Å². The van der Waals surface area contributed by atoms with Crippen LogP contribution in [-0.2, 0) is 6.42 Å². The Balaban J connectivity index is 1.50. The molecule has 3 rings (SSSR count). The fraction of sp³-hybridized carbons (Fsp3) is 0.190. The lowest BCUT2D eigenvalue weighted by atomic mass is 10.1. The number of aromatic nitrogens is 2. The maximum Gasteiger partial charge on any atom is 0.275 e. The summed E-state index contributed by atoms with van der Waals surface area (Å²) >= 11 is 5.98. The third kappa shape index (κ3) is 5.53. The summed E-state index contributed by atoms with van der Waals surface area (Å²) in [6.07, 6.45) is 5.03. The summed E-state index contributed by atoms with van der Waals surface area (Å²) in [4.78, 5) is 20.8. The Bertz CT molecular complexity index is 898. The van der Waals surface area contributed by atoms with Crippen molar-refractivity contribution in [3.05, 3.63) is 82.8 Å². The van der Waals surface area contributed by atoms with E-state index in [1.54, 1.807) is 18.3 Å². The van der Waals surface area contributed by atoms with Crippen LogP contribution in [-0.4, -0.2) is 22.4 Å². The minimum atomic E-state index is -0.316. The maximum atomic E-state index is 12.3. The summed E-state index contributed by atoms with van der Waals surface area (Å²) in [5.74, 6) is 0.335. The number of rotatable bonds is 7. The van der Waals surface area contributed by atoms with E-state index in [4.69, 9.17) is 11.6 Å². The molecule has 0 aliphatic carbocycles. The molecule has 0 radical (unpaired) electrons. The fourth-order valence-electron chi connectivity index (χ4n) is 2.61. The Hall–Kier alpha value is -2.92. The van der Waals surface area contributed by atoms with Crippen LogP contribution in [0.5, 0.6) is 0 Å². The van der Waals surface area contributed by atoms with E-state index in [1.165, 1.54) is 11.8 Å². The highest BCUT2D eigenvalue weighted by atomic mass is 35.5. The number of benzene rings is 2. The Morgan fingerprint density at radius 3 is 2.63 bits per heavy atom. The maximum absolute atomic E-state index is 12.3. The Kier molecular flexibility index (Phi) is 6.39. The van der Waals surface area contributed by atoms with Crippen molar-refractivity contribution < 1.29 is 4.79 Å². The second kappa shape index (κ2) is 9.14. The smallest absolute Gasteiger partial charge is 0.275 e. The van der Waals surface area contributed by atoms with E-state index in [1.807, 2.05) is 31.2 Å². The first-order valence-corrected chi connectivity index (χ1v) is 9.17. The monoisotopic (exact) mass is 380 g/mol. The van der Waals surface area contributed by atoms with Crippen LogP contribution in [0, 0.1) is 6.92 Å². The molecule has 0 saturated heterocycles. The van der Waals surface area contributed by atoms with E-state index in [-0.39, 0.29) is 11.6 Å². The summed E-state index contributed by atoms with van der Waals surface area (Å²) in [6, 6.07) is 15.7. The molecular weight excluding hydrogens is 360 g/mol. The summed E-state index contributed by atoms with van der Waals surface area (Å²) < 4.78 is 0. The van der Waals surface area contributed by atoms with E-state index in [2.05, 4.69) is 32.7 Å². The van der Waals surface area contributed by atoms with Gasteiger partial charge in [0.05, 0.1) is 12.4 Å². The zero-order valence-corrected chi connectivity index (χ0v) is 15.8. The van der Waals surface area contributed by atoms with Gasteiger partial charge in [-0.1, -0.05) is 48.0 Å². The molecule has 0 bridgehead atoms. The Labute approximate surface area is 163 Å². The lowest BCUT2D eigenvalue weighted by molar-refractivity contribution is 0.102. The van der Waals surface area contributed by atoms with Crippen molar-refractivity contribution in [3.63, 3.8) is 0 Å². The summed E-state index contributed by atoms with van der Waals surface area (Å²) in [6.45, 7) is 2.69. The van der Waals surface area contributed by atoms with Crippen LogP contribution in [0.4, 0.5) is 11.5 Å². The lowest BCUT2D eigenvalue weighted by Crippen LogP contribution is -2.15. The minimum Gasteiger partial charge on any atom is -0.369 e. The highest BCUT2D eigenvalue weighted by Crippen LogP contribution is 2.20. The second-order valence-corrected chi connectivity index (χ2v) is 6.65. The van der Waals surface area contributed by atoms with Crippen LogP contribution in [0.2, 0.25) is 5.02 Å². The molecule has 2 aromatic carbocycles. The van der Waals surface area contributed by atoms with Gasteiger partial charge in [0, 0.05) is 17.3 Å². The van der Waals surface area contributed by atoms with Gasteiger partial charge < -0.3 is 10.6 Å². The highest BCUT2D eigenvalue weighted by Gasteiger charge is 2.10. The molecule has 5 nitrogen and oxygen atoms in total. The number of nitrogens with zero attached hydrogens (tertiary/aromatic N) is 2. The number of carbonyl (C=O) groups is 1. The number of anilines is 2. The van der Waals surface area contributed by atoms with Crippen molar-refractivity contribution >= 4 is 29.0 Å². The standard InChI is InChI=1S/C21H21ClN4O/c1-15-9-10-17(22)12-18(15)26-21(27)19-13-25-20(14-24-19)23-11-5-8-16-6-3-2-4-7-16/h2-4,6-7,9-10,12-14H,5,8,11H2,1H3,(H,23,25)(H,26,27). The van der Waals surface area contributed by atoms with Gasteiger partial charge in [-0.3, -0.25) is 4.79 Å². The first kappa shape index (κ1) is 18.9. The van der Waals surface area contributed by atoms with Gasteiger partial charge in [0.25, 0.3) is 5.91 Å². The molecule has 3 aromatic rings. The van der Waals surface area contributed by atoms with Crippen molar-refractivity contribution in [3.8, 4) is 0 Å². The molecule has 27 heavy (non-hydrogen) atoms. The van der Waals surface area contributed by atoms with Crippen molar-refractivity contribution in [2.45, 2.75) is 19.8 Å². The predicted molar refractivity (Wildman–Crippen MR) is 109 cm³/mol. The zero-order chi connectivity index (χ0) is 19.1. The van der Waals surface area contributed by atoms with Crippen LogP contribution < -0.4 is 10.6 Å². The number of halogens is 1. The number of carbonyl (C=O) groups excluding carboxylic acids is 1. The first-order valence-electron chi connectivity index (χ1n) is 8.79. The van der Waals surface area contributed by atoms with Crippen LogP contribution >= 0.6 is 11.6 Å². The molecule has 0 unspecified atom stereocenters. The van der Waals surface area contributed by atoms with Crippen molar-refractivity contribution in [2.24, 2.45) is 0 Å². The average molecular weight is 381 g/mol. The van der Waals surface area contributed by atoms with Gasteiger partial charge in [-0.25, -0.2) is 9.97 Å².